The van der Waals surface area contributed by atoms with Crippen molar-refractivity contribution in [3.63, 3.8) is 0 Å². The van der Waals surface area contributed by atoms with E-state index in [1.807, 2.05) is 6.07 Å². The van der Waals surface area contributed by atoms with E-state index in [1.165, 1.54) is 18.2 Å². The summed E-state index contributed by atoms with van der Waals surface area (Å²) < 4.78 is 5.60. The SMILES string of the molecule is CC(C)COc1ccc(/C=C(\C#N)C(=O)Nc2ccccc2C(=O)O)cc1. The number of carboxylic acid groups (broad SMARTS) is 1. The Kier molecular flexibility index (Phi) is 6.73. The fourth-order valence-electron chi connectivity index (χ4n) is 2.21. The van der Waals surface area contributed by atoms with Gasteiger partial charge in [0, 0.05) is 0 Å². The summed E-state index contributed by atoms with van der Waals surface area (Å²) in [6.07, 6.45) is 1.44. The van der Waals surface area contributed by atoms with Crippen LogP contribution in [0.2, 0.25) is 0 Å². The highest BCUT2D eigenvalue weighted by atomic mass is 16.5. The first kappa shape index (κ1) is 19.7. The van der Waals surface area contributed by atoms with E-state index in [4.69, 9.17) is 4.74 Å². The Balaban J connectivity index is 2.15. The molecule has 2 N–H and O–H groups in total. The number of ether oxygens (including phenoxy) is 1. The van der Waals surface area contributed by atoms with Crippen molar-refractivity contribution in [3.8, 4) is 11.8 Å². The summed E-state index contributed by atoms with van der Waals surface area (Å²) in [6, 6.07) is 14.9. The lowest BCUT2D eigenvalue weighted by Gasteiger charge is -2.09. The molecule has 1 amide bonds. The fraction of sp³-hybridized carbons (Fsp3) is 0.190. The molecule has 0 fully saturated rings. The summed E-state index contributed by atoms with van der Waals surface area (Å²) in [5.74, 6) is -0.719. The standard InChI is InChI=1S/C21H20N2O4/c1-14(2)13-27-17-9-7-15(8-10-17)11-16(12-22)20(24)23-19-6-4-3-5-18(19)21(25)26/h3-11,14H,13H2,1-2H3,(H,23,24)(H,25,26)/b16-11+. The number of hydrogen-bond acceptors (Lipinski definition) is 4. The molecule has 0 bridgehead atoms. The quantitative estimate of drug-likeness (QED) is 0.572. The number of carbonyl (C=O) groups excluding carboxylic acids is 1. The van der Waals surface area contributed by atoms with E-state index < -0.39 is 11.9 Å². The van der Waals surface area contributed by atoms with Crippen LogP contribution in [0.3, 0.4) is 0 Å². The first-order chi connectivity index (χ1) is 12.9. The van der Waals surface area contributed by atoms with Crippen molar-refractivity contribution in [2.24, 2.45) is 5.92 Å². The number of carbonyl (C=O) groups is 2. The van der Waals surface area contributed by atoms with Crippen LogP contribution in [0.5, 0.6) is 5.75 Å². The number of carboxylic acids is 1. The molecular formula is C21H20N2O4. The molecule has 6 heteroatoms. The maximum atomic E-state index is 12.3. The van der Waals surface area contributed by atoms with Crippen molar-refractivity contribution in [1.29, 1.82) is 5.26 Å². The van der Waals surface area contributed by atoms with Crippen LogP contribution in [0.15, 0.2) is 54.1 Å². The van der Waals surface area contributed by atoms with Gasteiger partial charge in [0.25, 0.3) is 5.91 Å². The average molecular weight is 364 g/mol. The molecular weight excluding hydrogens is 344 g/mol. The lowest BCUT2D eigenvalue weighted by molar-refractivity contribution is -0.112. The third-order valence-electron chi connectivity index (χ3n) is 3.55. The molecule has 2 aromatic carbocycles. The lowest BCUT2D eigenvalue weighted by Crippen LogP contribution is -2.16. The minimum Gasteiger partial charge on any atom is -0.493 e. The van der Waals surface area contributed by atoms with Crippen molar-refractivity contribution in [1.82, 2.24) is 0 Å². The largest absolute Gasteiger partial charge is 0.493 e. The van der Waals surface area contributed by atoms with E-state index in [0.717, 1.165) is 0 Å². The molecule has 2 rings (SSSR count). The molecule has 0 saturated carbocycles. The highest BCUT2D eigenvalue weighted by Gasteiger charge is 2.14. The number of para-hydroxylation sites is 1. The smallest absolute Gasteiger partial charge is 0.337 e. The third-order valence-corrected chi connectivity index (χ3v) is 3.55. The number of amides is 1. The number of rotatable bonds is 7. The first-order valence-electron chi connectivity index (χ1n) is 8.39. The van der Waals surface area contributed by atoms with E-state index in [1.54, 1.807) is 36.4 Å². The van der Waals surface area contributed by atoms with Gasteiger partial charge in [0.15, 0.2) is 0 Å². The van der Waals surface area contributed by atoms with Crippen molar-refractivity contribution in [2.45, 2.75) is 13.8 Å². The van der Waals surface area contributed by atoms with Crippen LogP contribution in [0.4, 0.5) is 5.69 Å². The molecule has 0 atom stereocenters. The zero-order valence-electron chi connectivity index (χ0n) is 15.1. The minimum atomic E-state index is -1.16. The van der Waals surface area contributed by atoms with Crippen LogP contribution in [0.1, 0.15) is 29.8 Å². The summed E-state index contributed by atoms with van der Waals surface area (Å²) in [5, 5.41) is 20.9. The van der Waals surface area contributed by atoms with Gasteiger partial charge in [-0.1, -0.05) is 38.1 Å². The predicted molar refractivity (Wildman–Crippen MR) is 102 cm³/mol. The Morgan fingerprint density at radius 2 is 1.85 bits per heavy atom. The molecule has 0 aliphatic carbocycles. The van der Waals surface area contributed by atoms with E-state index >= 15 is 0 Å². The minimum absolute atomic E-state index is 0.0465. The second-order valence-corrected chi connectivity index (χ2v) is 6.25. The van der Waals surface area contributed by atoms with Crippen molar-refractivity contribution < 1.29 is 19.4 Å². The van der Waals surface area contributed by atoms with E-state index in [2.05, 4.69) is 19.2 Å². The highest BCUT2D eigenvalue weighted by molar-refractivity contribution is 6.11. The van der Waals surface area contributed by atoms with Gasteiger partial charge in [-0.3, -0.25) is 4.79 Å². The number of nitrogens with one attached hydrogen (secondary N) is 1. The second kappa shape index (κ2) is 9.20. The number of anilines is 1. The molecule has 138 valence electrons. The van der Waals surface area contributed by atoms with Crippen LogP contribution < -0.4 is 10.1 Å². The van der Waals surface area contributed by atoms with Gasteiger partial charge in [-0.25, -0.2) is 4.79 Å². The van der Waals surface area contributed by atoms with Crippen molar-refractivity contribution in [3.05, 3.63) is 65.2 Å². The normalized spacial score (nSPS) is 11.0. The maximum Gasteiger partial charge on any atom is 0.337 e. The Morgan fingerprint density at radius 3 is 2.44 bits per heavy atom. The topological polar surface area (TPSA) is 99.4 Å². The highest BCUT2D eigenvalue weighted by Crippen LogP contribution is 2.18. The Bertz CT molecular complexity index is 893. The van der Waals surface area contributed by atoms with Crippen molar-refractivity contribution >= 4 is 23.6 Å². The Morgan fingerprint density at radius 1 is 1.19 bits per heavy atom. The van der Waals surface area contributed by atoms with Gasteiger partial charge in [0.2, 0.25) is 0 Å². The molecule has 2 aromatic rings. The predicted octanol–water partition coefficient (Wildman–Crippen LogP) is 3.97. The summed E-state index contributed by atoms with van der Waals surface area (Å²) in [5.41, 5.74) is 0.611. The maximum absolute atomic E-state index is 12.3. The third kappa shape index (κ3) is 5.72. The summed E-state index contributed by atoms with van der Waals surface area (Å²) in [6.45, 7) is 4.71. The summed E-state index contributed by atoms with van der Waals surface area (Å²) >= 11 is 0. The van der Waals surface area contributed by atoms with Crippen LogP contribution in [0.25, 0.3) is 6.08 Å². The molecule has 0 radical (unpaired) electrons. The molecule has 0 unspecified atom stereocenters. The van der Waals surface area contributed by atoms with Gasteiger partial charge < -0.3 is 15.2 Å². The van der Waals surface area contributed by atoms with Gasteiger partial charge in [-0.15, -0.1) is 0 Å². The van der Waals surface area contributed by atoms with Crippen LogP contribution in [-0.2, 0) is 4.79 Å². The Labute approximate surface area is 157 Å². The molecule has 0 aromatic heterocycles. The fourth-order valence-corrected chi connectivity index (χ4v) is 2.21. The van der Waals surface area contributed by atoms with E-state index in [-0.39, 0.29) is 16.8 Å². The number of aromatic carboxylic acids is 1. The number of nitriles is 1. The van der Waals surface area contributed by atoms with Gasteiger partial charge in [-0.05, 0) is 41.8 Å². The molecule has 0 saturated heterocycles. The lowest BCUT2D eigenvalue weighted by atomic mass is 10.1. The zero-order valence-corrected chi connectivity index (χ0v) is 15.1. The molecule has 27 heavy (non-hydrogen) atoms. The molecule has 0 heterocycles. The van der Waals surface area contributed by atoms with E-state index in [0.29, 0.717) is 23.8 Å². The monoisotopic (exact) mass is 364 g/mol. The molecule has 0 aliphatic heterocycles. The molecule has 6 nitrogen and oxygen atoms in total. The van der Waals surface area contributed by atoms with E-state index in [9.17, 15) is 20.0 Å². The number of benzene rings is 2. The van der Waals surface area contributed by atoms with Crippen molar-refractivity contribution in [2.75, 3.05) is 11.9 Å². The average Bonchev–Trinajstić information content (AvgIpc) is 2.65. The van der Waals surface area contributed by atoms with Crippen LogP contribution in [0, 0.1) is 17.2 Å². The summed E-state index contributed by atoms with van der Waals surface area (Å²) in [4.78, 5) is 23.6. The zero-order chi connectivity index (χ0) is 19.8. The van der Waals surface area contributed by atoms with Gasteiger partial charge in [0.1, 0.15) is 17.4 Å². The summed E-state index contributed by atoms with van der Waals surface area (Å²) in [7, 11) is 0. The molecule has 0 spiro atoms. The van der Waals surface area contributed by atoms with Gasteiger partial charge in [-0.2, -0.15) is 5.26 Å². The second-order valence-electron chi connectivity index (χ2n) is 6.25. The van der Waals surface area contributed by atoms with Crippen LogP contribution >= 0.6 is 0 Å². The van der Waals surface area contributed by atoms with Gasteiger partial charge in [0.05, 0.1) is 17.9 Å². The van der Waals surface area contributed by atoms with Crippen LogP contribution in [-0.4, -0.2) is 23.6 Å². The molecule has 0 aliphatic rings. The number of nitrogens with zero attached hydrogens (tertiary/aromatic N) is 1. The van der Waals surface area contributed by atoms with Gasteiger partial charge >= 0.3 is 5.97 Å². The number of hydrogen-bond donors (Lipinski definition) is 2. The first-order valence-corrected chi connectivity index (χ1v) is 8.39. The Hall–Kier alpha value is -3.59.